The Kier molecular flexibility index (Phi) is 3.37. The van der Waals surface area contributed by atoms with Gasteiger partial charge >= 0.3 is 12.7 Å². The molecule has 0 saturated carbocycles. The number of primary amides is 1. The third kappa shape index (κ3) is 3.04. The van der Waals surface area contributed by atoms with E-state index in [-0.39, 0.29) is 0 Å². The van der Waals surface area contributed by atoms with E-state index >= 15 is 0 Å². The molecule has 0 saturated heterocycles. The fourth-order valence-corrected chi connectivity index (χ4v) is 0.881. The minimum Gasteiger partial charge on any atom is -0.428 e. The highest BCUT2D eigenvalue weighted by atomic mass is 19.3. The Bertz CT molecular complexity index is 370. The summed E-state index contributed by atoms with van der Waals surface area (Å²) in [5.74, 6) is -2.43. The van der Waals surface area contributed by atoms with Gasteiger partial charge in [-0.3, -0.25) is 0 Å². The Morgan fingerprint density at radius 2 is 2.07 bits per heavy atom. The second-order valence-corrected chi connectivity index (χ2v) is 2.37. The number of hydrogen-bond donors (Lipinski definition) is 1. The standard InChI is InChI=1S/C8H6F3NO3/c9-4-2-1-3-5(14-8(12)13)6(4)15-7(10)11/h1-3,7H,(H2,12,13). The Hall–Kier alpha value is -1.92. The number of amides is 1. The summed E-state index contributed by atoms with van der Waals surface area (Å²) in [7, 11) is 0. The van der Waals surface area contributed by atoms with Crippen LogP contribution >= 0.6 is 0 Å². The fraction of sp³-hybridized carbons (Fsp3) is 0.125. The van der Waals surface area contributed by atoms with Gasteiger partial charge in [-0.1, -0.05) is 6.07 Å². The zero-order valence-corrected chi connectivity index (χ0v) is 7.25. The SMILES string of the molecule is NC(=O)Oc1cccc(F)c1OC(F)F. The molecule has 82 valence electrons. The summed E-state index contributed by atoms with van der Waals surface area (Å²) < 4.78 is 44.8. The third-order valence-corrected chi connectivity index (χ3v) is 1.35. The van der Waals surface area contributed by atoms with Crippen molar-refractivity contribution in [2.75, 3.05) is 0 Å². The number of nitrogens with two attached hydrogens (primary N) is 1. The molecule has 0 fully saturated rings. The highest BCUT2D eigenvalue weighted by Crippen LogP contribution is 2.31. The van der Waals surface area contributed by atoms with E-state index in [9.17, 15) is 18.0 Å². The highest BCUT2D eigenvalue weighted by Gasteiger charge is 2.17. The van der Waals surface area contributed by atoms with E-state index in [1.807, 2.05) is 0 Å². The molecule has 7 heteroatoms. The second kappa shape index (κ2) is 4.54. The molecule has 1 aromatic carbocycles. The van der Waals surface area contributed by atoms with Gasteiger partial charge < -0.3 is 15.2 Å². The normalized spacial score (nSPS) is 10.1. The molecule has 0 aliphatic rings. The lowest BCUT2D eigenvalue weighted by atomic mass is 10.3. The van der Waals surface area contributed by atoms with Gasteiger partial charge in [-0.2, -0.15) is 8.78 Å². The van der Waals surface area contributed by atoms with Gasteiger partial charge in [0.15, 0.2) is 11.6 Å². The van der Waals surface area contributed by atoms with Gasteiger partial charge in [0.1, 0.15) is 0 Å². The van der Waals surface area contributed by atoms with Crippen molar-refractivity contribution in [2.45, 2.75) is 6.61 Å². The van der Waals surface area contributed by atoms with Crippen LogP contribution in [0.1, 0.15) is 0 Å². The molecule has 15 heavy (non-hydrogen) atoms. The first-order valence-electron chi connectivity index (χ1n) is 3.71. The van der Waals surface area contributed by atoms with Crippen molar-refractivity contribution in [3.05, 3.63) is 24.0 Å². The van der Waals surface area contributed by atoms with E-state index in [0.717, 1.165) is 18.2 Å². The van der Waals surface area contributed by atoms with E-state index in [1.54, 1.807) is 0 Å². The summed E-state index contributed by atoms with van der Waals surface area (Å²) in [4.78, 5) is 10.4. The molecular formula is C8H6F3NO3. The Labute approximate surface area is 82.4 Å². The van der Waals surface area contributed by atoms with Crippen LogP contribution in [0, 0.1) is 5.82 Å². The van der Waals surface area contributed by atoms with Gasteiger partial charge in [0.05, 0.1) is 0 Å². The molecule has 1 rings (SSSR count). The molecule has 0 bridgehead atoms. The molecule has 0 aliphatic carbocycles. The molecular weight excluding hydrogens is 215 g/mol. The maximum atomic E-state index is 13.0. The summed E-state index contributed by atoms with van der Waals surface area (Å²) >= 11 is 0. The quantitative estimate of drug-likeness (QED) is 0.847. The monoisotopic (exact) mass is 221 g/mol. The maximum absolute atomic E-state index is 13.0. The van der Waals surface area contributed by atoms with Crippen molar-refractivity contribution in [1.82, 2.24) is 0 Å². The average Bonchev–Trinajstić information content (AvgIpc) is 2.09. The van der Waals surface area contributed by atoms with Gasteiger partial charge in [0.2, 0.25) is 5.75 Å². The van der Waals surface area contributed by atoms with E-state index in [1.165, 1.54) is 0 Å². The molecule has 0 spiro atoms. The van der Waals surface area contributed by atoms with E-state index < -0.39 is 30.0 Å². The Balaban J connectivity index is 3.02. The number of ether oxygens (including phenoxy) is 2. The number of carbonyl (C=O) groups excluding carboxylic acids is 1. The van der Waals surface area contributed by atoms with Gasteiger partial charge in [-0.15, -0.1) is 0 Å². The fourth-order valence-electron chi connectivity index (χ4n) is 0.881. The lowest BCUT2D eigenvalue weighted by molar-refractivity contribution is -0.0534. The lowest BCUT2D eigenvalue weighted by Crippen LogP contribution is -2.17. The second-order valence-electron chi connectivity index (χ2n) is 2.37. The number of alkyl halides is 2. The maximum Gasteiger partial charge on any atom is 0.410 e. The molecule has 4 nitrogen and oxygen atoms in total. The van der Waals surface area contributed by atoms with Crippen molar-refractivity contribution in [3.8, 4) is 11.5 Å². The topological polar surface area (TPSA) is 61.6 Å². The first kappa shape index (κ1) is 11.2. The Morgan fingerprint density at radius 1 is 1.40 bits per heavy atom. The zero-order valence-electron chi connectivity index (χ0n) is 7.25. The number of benzene rings is 1. The van der Waals surface area contributed by atoms with Crippen molar-refractivity contribution in [3.63, 3.8) is 0 Å². The number of carbonyl (C=O) groups is 1. The van der Waals surface area contributed by atoms with Gasteiger partial charge in [-0.25, -0.2) is 9.18 Å². The van der Waals surface area contributed by atoms with E-state index in [4.69, 9.17) is 0 Å². The van der Waals surface area contributed by atoms with Crippen LogP contribution in [0.5, 0.6) is 11.5 Å². The molecule has 1 amide bonds. The number of para-hydroxylation sites is 1. The van der Waals surface area contributed by atoms with Gasteiger partial charge in [0, 0.05) is 0 Å². The first-order valence-corrected chi connectivity index (χ1v) is 3.71. The van der Waals surface area contributed by atoms with Crippen LogP contribution in [-0.4, -0.2) is 12.7 Å². The summed E-state index contributed by atoms with van der Waals surface area (Å²) in [5, 5.41) is 0. The van der Waals surface area contributed by atoms with Gasteiger partial charge in [0.25, 0.3) is 0 Å². The number of halogens is 3. The molecule has 0 radical (unpaired) electrons. The van der Waals surface area contributed by atoms with Crippen LogP contribution in [0.2, 0.25) is 0 Å². The van der Waals surface area contributed by atoms with Crippen LogP contribution in [-0.2, 0) is 0 Å². The van der Waals surface area contributed by atoms with Crippen LogP contribution in [0.4, 0.5) is 18.0 Å². The molecule has 1 aromatic rings. The van der Waals surface area contributed by atoms with E-state index in [2.05, 4.69) is 15.2 Å². The minimum atomic E-state index is -3.22. The molecule has 0 aliphatic heterocycles. The van der Waals surface area contributed by atoms with Crippen LogP contribution in [0.3, 0.4) is 0 Å². The largest absolute Gasteiger partial charge is 0.428 e. The average molecular weight is 221 g/mol. The molecule has 0 unspecified atom stereocenters. The van der Waals surface area contributed by atoms with Crippen molar-refractivity contribution < 1.29 is 27.4 Å². The van der Waals surface area contributed by atoms with E-state index in [0.29, 0.717) is 0 Å². The van der Waals surface area contributed by atoms with Crippen LogP contribution < -0.4 is 15.2 Å². The smallest absolute Gasteiger partial charge is 0.410 e. The van der Waals surface area contributed by atoms with Crippen LogP contribution in [0.25, 0.3) is 0 Å². The summed E-state index contributed by atoms with van der Waals surface area (Å²) in [6.07, 6.45) is -1.25. The predicted molar refractivity (Wildman–Crippen MR) is 43.2 cm³/mol. The molecule has 0 heterocycles. The minimum absolute atomic E-state index is 0.497. The van der Waals surface area contributed by atoms with Crippen molar-refractivity contribution in [1.29, 1.82) is 0 Å². The summed E-state index contributed by atoms with van der Waals surface area (Å²) in [5.41, 5.74) is 4.65. The molecule has 2 N–H and O–H groups in total. The van der Waals surface area contributed by atoms with Gasteiger partial charge in [-0.05, 0) is 12.1 Å². The third-order valence-electron chi connectivity index (χ3n) is 1.35. The molecule has 0 atom stereocenters. The van der Waals surface area contributed by atoms with Crippen molar-refractivity contribution in [2.24, 2.45) is 5.73 Å². The summed E-state index contributed by atoms with van der Waals surface area (Å²) in [6.45, 7) is -3.22. The summed E-state index contributed by atoms with van der Waals surface area (Å²) in [6, 6.07) is 3.11. The number of hydrogen-bond acceptors (Lipinski definition) is 3. The predicted octanol–water partition coefficient (Wildman–Crippen LogP) is 1.88. The van der Waals surface area contributed by atoms with Crippen LogP contribution in [0.15, 0.2) is 18.2 Å². The lowest BCUT2D eigenvalue weighted by Gasteiger charge is -2.09. The Morgan fingerprint density at radius 3 is 2.60 bits per heavy atom. The number of rotatable bonds is 3. The first-order chi connectivity index (χ1) is 7.00. The molecule has 0 aromatic heterocycles. The highest BCUT2D eigenvalue weighted by molar-refractivity contribution is 5.69. The zero-order chi connectivity index (χ0) is 11.4. The van der Waals surface area contributed by atoms with Crippen molar-refractivity contribution >= 4 is 6.09 Å².